The Labute approximate surface area is 199 Å². The molecule has 170 valence electrons. The molecule has 0 radical (unpaired) electrons. The summed E-state index contributed by atoms with van der Waals surface area (Å²) in [6.45, 7) is 1.15. The maximum atomic E-state index is 12.9. The molecule has 0 saturated carbocycles. The number of nitrogens with zero attached hydrogens (tertiary/aromatic N) is 4. The van der Waals surface area contributed by atoms with E-state index in [2.05, 4.69) is 25.8 Å². The molecule has 9 nitrogen and oxygen atoms in total. The number of hydrogen-bond acceptors (Lipinski definition) is 7. The molecule has 0 spiro atoms. The number of amides is 3. The highest BCUT2D eigenvalue weighted by Crippen LogP contribution is 2.21. The number of likely N-dealkylation sites (tertiary alicyclic amines) is 1. The van der Waals surface area contributed by atoms with Gasteiger partial charge in [0.1, 0.15) is 0 Å². The van der Waals surface area contributed by atoms with Crippen LogP contribution >= 0.6 is 22.9 Å². The third kappa shape index (κ3) is 5.91. The van der Waals surface area contributed by atoms with E-state index < -0.39 is 5.91 Å². The first-order valence-corrected chi connectivity index (χ1v) is 11.6. The van der Waals surface area contributed by atoms with Crippen LogP contribution in [0.1, 0.15) is 38.1 Å². The molecule has 1 fully saturated rings. The highest BCUT2D eigenvalue weighted by Gasteiger charge is 2.30. The van der Waals surface area contributed by atoms with Gasteiger partial charge in [-0.15, -0.1) is 10.2 Å². The lowest BCUT2D eigenvalue weighted by atomic mass is 9.97. The molecule has 1 aromatic carbocycles. The first-order valence-electron chi connectivity index (χ1n) is 10.4. The number of hydrogen-bond donors (Lipinski definition) is 2. The van der Waals surface area contributed by atoms with Gasteiger partial charge in [0.2, 0.25) is 15.9 Å². The molecule has 3 amide bonds. The van der Waals surface area contributed by atoms with Gasteiger partial charge in [0.15, 0.2) is 0 Å². The molecule has 11 heteroatoms. The van der Waals surface area contributed by atoms with Crippen LogP contribution in [-0.2, 0) is 11.3 Å². The Balaban J connectivity index is 1.33. The van der Waals surface area contributed by atoms with E-state index in [1.54, 1.807) is 35.4 Å². The number of rotatable bonds is 6. The van der Waals surface area contributed by atoms with Crippen LogP contribution in [0.5, 0.6) is 0 Å². The minimum Gasteiger partial charge on any atom is -0.350 e. The van der Waals surface area contributed by atoms with Crippen molar-refractivity contribution in [1.82, 2.24) is 25.4 Å². The molecular formula is C22H21ClN6O3S. The van der Waals surface area contributed by atoms with E-state index in [9.17, 15) is 14.4 Å². The van der Waals surface area contributed by atoms with Gasteiger partial charge in [0, 0.05) is 30.0 Å². The van der Waals surface area contributed by atoms with Gasteiger partial charge in [0.05, 0.1) is 18.2 Å². The zero-order chi connectivity index (χ0) is 23.2. The number of aromatic nitrogens is 3. The van der Waals surface area contributed by atoms with E-state index >= 15 is 0 Å². The largest absolute Gasteiger partial charge is 0.350 e. The number of carbonyl (C=O) groups is 3. The predicted octanol–water partition coefficient (Wildman–Crippen LogP) is 3.01. The molecule has 33 heavy (non-hydrogen) atoms. The third-order valence-corrected chi connectivity index (χ3v) is 6.32. The van der Waals surface area contributed by atoms with E-state index in [4.69, 9.17) is 11.6 Å². The van der Waals surface area contributed by atoms with E-state index in [1.807, 2.05) is 18.2 Å². The van der Waals surface area contributed by atoms with E-state index in [0.29, 0.717) is 43.2 Å². The Kier molecular flexibility index (Phi) is 7.26. The number of piperidine rings is 1. The van der Waals surface area contributed by atoms with Crippen LogP contribution in [0.4, 0.5) is 5.69 Å². The lowest BCUT2D eigenvalue weighted by Crippen LogP contribution is -2.45. The van der Waals surface area contributed by atoms with Crippen LogP contribution < -0.4 is 10.6 Å². The molecule has 1 unspecified atom stereocenters. The molecule has 2 N–H and O–H groups in total. The lowest BCUT2D eigenvalue weighted by Gasteiger charge is -2.31. The molecule has 1 aliphatic rings. The zero-order valence-electron chi connectivity index (χ0n) is 17.5. The standard InChI is InChI=1S/C22H21ClN6O3S/c23-15-6-8-16(9-7-15)26-19(31)20-27-28-21(33-20)22(32)29-11-3-4-14(13-29)18(30)25-12-17-5-1-2-10-24-17/h1-2,5-10,14H,3-4,11-13H2,(H,25,30)(H,26,31). The number of carbonyl (C=O) groups excluding carboxylic acids is 3. The van der Waals surface area contributed by atoms with E-state index in [0.717, 1.165) is 17.0 Å². The van der Waals surface area contributed by atoms with Crippen molar-refractivity contribution in [2.24, 2.45) is 5.92 Å². The first-order chi connectivity index (χ1) is 16.0. The summed E-state index contributed by atoms with van der Waals surface area (Å²) < 4.78 is 0. The highest BCUT2D eigenvalue weighted by atomic mass is 35.5. The summed E-state index contributed by atoms with van der Waals surface area (Å²) in [6, 6.07) is 12.2. The van der Waals surface area contributed by atoms with Crippen LogP contribution in [-0.4, -0.2) is 50.9 Å². The molecule has 0 bridgehead atoms. The maximum absolute atomic E-state index is 12.9. The van der Waals surface area contributed by atoms with Crippen molar-refractivity contribution >= 4 is 46.3 Å². The van der Waals surface area contributed by atoms with Crippen molar-refractivity contribution < 1.29 is 14.4 Å². The molecule has 0 aliphatic carbocycles. The van der Waals surface area contributed by atoms with E-state index in [1.165, 1.54) is 0 Å². The second kappa shape index (κ2) is 10.5. The molecule has 3 heterocycles. The van der Waals surface area contributed by atoms with Crippen molar-refractivity contribution in [1.29, 1.82) is 0 Å². The van der Waals surface area contributed by atoms with Gasteiger partial charge in [-0.25, -0.2) is 0 Å². The Morgan fingerprint density at radius 1 is 1.09 bits per heavy atom. The number of benzene rings is 1. The molecule has 3 aromatic rings. The molecule has 2 aromatic heterocycles. The van der Waals surface area contributed by atoms with Crippen molar-refractivity contribution in [3.05, 3.63) is 69.4 Å². The quantitative estimate of drug-likeness (QED) is 0.555. The van der Waals surface area contributed by atoms with Gasteiger partial charge in [-0.2, -0.15) is 0 Å². The lowest BCUT2D eigenvalue weighted by molar-refractivity contribution is -0.126. The minimum absolute atomic E-state index is 0.0787. The van der Waals surface area contributed by atoms with Crippen molar-refractivity contribution in [2.75, 3.05) is 18.4 Å². The van der Waals surface area contributed by atoms with Crippen LogP contribution in [0.25, 0.3) is 0 Å². The van der Waals surface area contributed by atoms with Gasteiger partial charge >= 0.3 is 0 Å². The number of halogens is 1. The van der Waals surface area contributed by atoms with Gasteiger partial charge < -0.3 is 15.5 Å². The normalized spacial score (nSPS) is 15.7. The summed E-state index contributed by atoms with van der Waals surface area (Å²) in [4.78, 5) is 43.7. The summed E-state index contributed by atoms with van der Waals surface area (Å²) in [5, 5.41) is 14.1. The number of nitrogens with one attached hydrogen (secondary N) is 2. The molecule has 1 atom stereocenters. The second-order valence-corrected chi connectivity index (χ2v) is 8.92. The third-order valence-electron chi connectivity index (χ3n) is 5.15. The number of anilines is 1. The topological polar surface area (TPSA) is 117 Å². The average Bonchev–Trinajstić information content (AvgIpc) is 3.35. The van der Waals surface area contributed by atoms with Gasteiger partial charge in [0.25, 0.3) is 11.8 Å². The molecule has 1 saturated heterocycles. The molecule has 4 rings (SSSR count). The Morgan fingerprint density at radius 2 is 1.88 bits per heavy atom. The Hall–Kier alpha value is -3.37. The monoisotopic (exact) mass is 484 g/mol. The fourth-order valence-electron chi connectivity index (χ4n) is 3.45. The Bertz CT molecular complexity index is 1140. The zero-order valence-corrected chi connectivity index (χ0v) is 19.1. The van der Waals surface area contributed by atoms with Gasteiger partial charge in [-0.05, 0) is 49.2 Å². The summed E-state index contributed by atoms with van der Waals surface area (Å²) >= 11 is 6.77. The number of pyridine rings is 1. The summed E-state index contributed by atoms with van der Waals surface area (Å²) in [5.74, 6) is -1.22. The fraction of sp³-hybridized carbons (Fsp3) is 0.273. The SMILES string of the molecule is O=C(Nc1ccc(Cl)cc1)c1nnc(C(=O)N2CCCC(C(=O)NCc3ccccn3)C2)s1. The Morgan fingerprint density at radius 3 is 2.64 bits per heavy atom. The van der Waals surface area contributed by atoms with Crippen LogP contribution in [0, 0.1) is 5.92 Å². The van der Waals surface area contributed by atoms with Crippen molar-refractivity contribution in [3.8, 4) is 0 Å². The van der Waals surface area contributed by atoms with Crippen LogP contribution in [0.15, 0.2) is 48.7 Å². The van der Waals surface area contributed by atoms with Crippen LogP contribution in [0.2, 0.25) is 5.02 Å². The first kappa shape index (κ1) is 22.8. The maximum Gasteiger partial charge on any atom is 0.286 e. The average molecular weight is 485 g/mol. The highest BCUT2D eigenvalue weighted by molar-refractivity contribution is 7.15. The summed E-state index contributed by atoms with van der Waals surface area (Å²) in [6.07, 6.45) is 3.08. The van der Waals surface area contributed by atoms with Crippen molar-refractivity contribution in [3.63, 3.8) is 0 Å². The smallest absolute Gasteiger partial charge is 0.286 e. The minimum atomic E-state index is -0.459. The van der Waals surface area contributed by atoms with Crippen molar-refractivity contribution in [2.45, 2.75) is 19.4 Å². The summed E-state index contributed by atoms with van der Waals surface area (Å²) in [5.41, 5.74) is 1.33. The van der Waals surface area contributed by atoms with Crippen LogP contribution in [0.3, 0.4) is 0 Å². The van der Waals surface area contributed by atoms with Gasteiger partial charge in [-0.3, -0.25) is 19.4 Å². The second-order valence-electron chi connectivity index (χ2n) is 7.50. The molecule has 1 aliphatic heterocycles. The fourth-order valence-corrected chi connectivity index (χ4v) is 4.29. The van der Waals surface area contributed by atoms with Gasteiger partial charge in [-0.1, -0.05) is 29.0 Å². The predicted molar refractivity (Wildman–Crippen MR) is 124 cm³/mol. The molecular weight excluding hydrogens is 464 g/mol. The van der Waals surface area contributed by atoms with E-state index in [-0.39, 0.29) is 27.7 Å². The summed E-state index contributed by atoms with van der Waals surface area (Å²) in [7, 11) is 0.